The first kappa shape index (κ1) is 19.9. The number of aromatic amines is 1. The highest BCUT2D eigenvalue weighted by Crippen LogP contribution is 2.33. The van der Waals surface area contributed by atoms with E-state index in [1.54, 1.807) is 0 Å². The average molecular weight is 412 g/mol. The third-order valence-corrected chi connectivity index (χ3v) is 6.07. The lowest BCUT2D eigenvalue weighted by molar-refractivity contribution is 0.0602. The lowest BCUT2D eigenvalue weighted by Crippen LogP contribution is -2.39. The molecule has 1 aliphatic rings. The number of H-pyrrole nitrogens is 1. The molecule has 1 aromatic carbocycles. The summed E-state index contributed by atoms with van der Waals surface area (Å²) < 4.78 is 50.0. The number of likely N-dealkylation sites (tertiary alicyclic amines) is 1. The van der Waals surface area contributed by atoms with Gasteiger partial charge < -0.3 is 10.6 Å². The van der Waals surface area contributed by atoms with Crippen molar-refractivity contribution >= 4 is 21.7 Å². The molecule has 0 saturated carbocycles. The van der Waals surface area contributed by atoms with Crippen molar-refractivity contribution in [2.45, 2.75) is 36.0 Å². The Kier molecular flexibility index (Phi) is 5.45. The van der Waals surface area contributed by atoms with E-state index in [0.717, 1.165) is 12.5 Å². The predicted octanol–water partition coefficient (Wildman–Crippen LogP) is 1.87. The molecule has 1 aliphatic heterocycles. The molecule has 8 nitrogen and oxygen atoms in total. The van der Waals surface area contributed by atoms with Gasteiger partial charge in [-0.1, -0.05) is 12.1 Å². The molecule has 2 aromatic rings. The summed E-state index contributed by atoms with van der Waals surface area (Å²) in [6, 6.07) is 5.83. The number of nitrogens with one attached hydrogen (secondary N) is 1. The molecule has 0 bridgehead atoms. The molecule has 3 rings (SSSR count). The third-order valence-electron chi connectivity index (χ3n) is 4.63. The van der Waals surface area contributed by atoms with Crippen LogP contribution in [-0.4, -0.2) is 47.6 Å². The van der Waals surface area contributed by atoms with Crippen molar-refractivity contribution in [2.75, 3.05) is 6.54 Å². The second kappa shape index (κ2) is 7.66. The zero-order valence-electron chi connectivity index (χ0n) is 14.6. The minimum atomic E-state index is -4.94. The van der Waals surface area contributed by atoms with Gasteiger partial charge in [0.05, 0.1) is 22.2 Å². The Labute approximate surface area is 159 Å². The molecule has 11 heteroatoms. The van der Waals surface area contributed by atoms with Crippen molar-refractivity contribution in [2.24, 2.45) is 5.73 Å². The molecule has 0 spiro atoms. The number of rotatable bonds is 5. The number of piperidine rings is 1. The SMILES string of the molecule is NC(=O)c1cc(C2CCCCN2C(=O)c2ccccc2S(=O)(=O)C(F)F)[nH]n1. The van der Waals surface area contributed by atoms with E-state index >= 15 is 0 Å². The Morgan fingerprint density at radius 2 is 1.96 bits per heavy atom. The van der Waals surface area contributed by atoms with Crippen LogP contribution >= 0.6 is 0 Å². The summed E-state index contributed by atoms with van der Waals surface area (Å²) in [4.78, 5) is 25.1. The van der Waals surface area contributed by atoms with Gasteiger partial charge in [0.1, 0.15) is 5.69 Å². The van der Waals surface area contributed by atoms with Crippen LogP contribution in [0.4, 0.5) is 8.78 Å². The highest BCUT2D eigenvalue weighted by Gasteiger charge is 2.35. The standard InChI is InChI=1S/C17H18F2N4O4S/c18-17(19)28(26,27)14-7-2-1-5-10(14)16(25)23-8-4-3-6-13(23)11-9-12(15(20)24)22-21-11/h1-2,5,7,9,13,17H,3-4,6,8H2,(H2,20,24)(H,21,22). The normalized spacial score (nSPS) is 17.7. The fourth-order valence-electron chi connectivity index (χ4n) is 3.27. The zero-order chi connectivity index (χ0) is 20.5. The van der Waals surface area contributed by atoms with Gasteiger partial charge in [-0.05, 0) is 37.5 Å². The number of nitrogens with zero attached hydrogens (tertiary/aromatic N) is 2. The zero-order valence-corrected chi connectivity index (χ0v) is 15.5. The molecule has 1 fully saturated rings. The smallest absolute Gasteiger partial charge is 0.341 e. The number of benzene rings is 1. The Balaban J connectivity index is 2.00. The Bertz CT molecular complexity index is 1010. The predicted molar refractivity (Wildman–Crippen MR) is 94.4 cm³/mol. The largest absolute Gasteiger partial charge is 0.364 e. The molecule has 2 heterocycles. The molecule has 1 unspecified atom stereocenters. The van der Waals surface area contributed by atoms with Crippen molar-refractivity contribution < 1.29 is 26.8 Å². The summed E-state index contributed by atoms with van der Waals surface area (Å²) in [6.45, 7) is 0.303. The molecule has 2 amide bonds. The lowest BCUT2D eigenvalue weighted by Gasteiger charge is -2.35. The number of hydrogen-bond acceptors (Lipinski definition) is 5. The van der Waals surface area contributed by atoms with Crippen LogP contribution in [-0.2, 0) is 9.84 Å². The summed E-state index contributed by atoms with van der Waals surface area (Å²) in [5, 5.41) is 6.48. The maximum absolute atomic E-state index is 13.1. The quantitative estimate of drug-likeness (QED) is 0.775. The highest BCUT2D eigenvalue weighted by atomic mass is 32.2. The van der Waals surface area contributed by atoms with Gasteiger partial charge in [-0.3, -0.25) is 14.7 Å². The van der Waals surface area contributed by atoms with Gasteiger partial charge >= 0.3 is 5.76 Å². The van der Waals surface area contributed by atoms with Gasteiger partial charge in [-0.25, -0.2) is 8.42 Å². The second-order valence-electron chi connectivity index (χ2n) is 6.38. The summed E-state index contributed by atoms with van der Waals surface area (Å²) in [5.74, 6) is -5.05. The fourth-order valence-corrected chi connectivity index (χ4v) is 4.20. The van der Waals surface area contributed by atoms with Gasteiger partial charge in [0.15, 0.2) is 0 Å². The second-order valence-corrected chi connectivity index (χ2v) is 8.27. The molecule has 0 radical (unpaired) electrons. The van der Waals surface area contributed by atoms with Crippen molar-refractivity contribution in [1.82, 2.24) is 15.1 Å². The summed E-state index contributed by atoms with van der Waals surface area (Å²) in [7, 11) is -4.94. The maximum Gasteiger partial charge on any atom is 0.341 e. The van der Waals surface area contributed by atoms with Crippen molar-refractivity contribution in [3.8, 4) is 0 Å². The minimum absolute atomic E-state index is 0.00801. The van der Waals surface area contributed by atoms with Gasteiger partial charge in [0.25, 0.3) is 11.8 Å². The number of amides is 2. The molecule has 150 valence electrons. The van der Waals surface area contributed by atoms with Crippen LogP contribution < -0.4 is 5.73 Å². The summed E-state index contributed by atoms with van der Waals surface area (Å²) in [5.41, 5.74) is 5.36. The highest BCUT2D eigenvalue weighted by molar-refractivity contribution is 7.91. The van der Waals surface area contributed by atoms with E-state index in [1.165, 1.54) is 29.2 Å². The number of alkyl halides is 2. The number of halogens is 2. The van der Waals surface area contributed by atoms with Crippen LogP contribution in [0.5, 0.6) is 0 Å². The van der Waals surface area contributed by atoms with E-state index in [-0.39, 0.29) is 11.3 Å². The number of carbonyl (C=O) groups is 2. The van der Waals surface area contributed by atoms with E-state index in [2.05, 4.69) is 10.2 Å². The summed E-state index contributed by atoms with van der Waals surface area (Å²) >= 11 is 0. The van der Waals surface area contributed by atoms with Crippen molar-refractivity contribution in [3.05, 3.63) is 47.3 Å². The Morgan fingerprint density at radius 1 is 1.25 bits per heavy atom. The topological polar surface area (TPSA) is 126 Å². The molecule has 3 N–H and O–H groups in total. The first-order valence-corrected chi connectivity index (χ1v) is 10.0. The van der Waals surface area contributed by atoms with Gasteiger partial charge in [0.2, 0.25) is 9.84 Å². The van der Waals surface area contributed by atoms with Crippen LogP contribution in [0, 0.1) is 0 Å². The summed E-state index contributed by atoms with van der Waals surface area (Å²) in [6.07, 6.45) is 2.00. The molecular weight excluding hydrogens is 394 g/mol. The van der Waals surface area contributed by atoms with Crippen LogP contribution in [0.2, 0.25) is 0 Å². The molecule has 1 saturated heterocycles. The molecule has 1 aromatic heterocycles. The van der Waals surface area contributed by atoms with Crippen LogP contribution in [0.1, 0.15) is 51.8 Å². The number of aromatic nitrogens is 2. The monoisotopic (exact) mass is 412 g/mol. The van der Waals surface area contributed by atoms with Crippen LogP contribution in [0.3, 0.4) is 0 Å². The number of sulfone groups is 1. The lowest BCUT2D eigenvalue weighted by atomic mass is 9.98. The molecular formula is C17H18F2N4O4S. The van der Waals surface area contributed by atoms with Crippen LogP contribution in [0.15, 0.2) is 35.2 Å². The number of carbonyl (C=O) groups excluding carboxylic acids is 2. The molecule has 1 atom stereocenters. The van der Waals surface area contributed by atoms with E-state index in [1.807, 2.05) is 0 Å². The Hall–Kier alpha value is -2.82. The fraction of sp³-hybridized carbons (Fsp3) is 0.353. The molecule has 28 heavy (non-hydrogen) atoms. The first-order valence-electron chi connectivity index (χ1n) is 8.50. The van der Waals surface area contributed by atoms with E-state index in [9.17, 15) is 26.8 Å². The Morgan fingerprint density at radius 3 is 2.61 bits per heavy atom. The third kappa shape index (κ3) is 3.61. The maximum atomic E-state index is 13.1. The first-order chi connectivity index (χ1) is 13.2. The molecule has 0 aliphatic carbocycles. The van der Waals surface area contributed by atoms with E-state index in [0.29, 0.717) is 25.1 Å². The minimum Gasteiger partial charge on any atom is -0.364 e. The van der Waals surface area contributed by atoms with Crippen LogP contribution in [0.25, 0.3) is 0 Å². The number of primary amides is 1. The van der Waals surface area contributed by atoms with Gasteiger partial charge in [-0.15, -0.1) is 0 Å². The van der Waals surface area contributed by atoms with Gasteiger partial charge in [0, 0.05) is 6.54 Å². The van der Waals surface area contributed by atoms with Crippen molar-refractivity contribution in [3.63, 3.8) is 0 Å². The van der Waals surface area contributed by atoms with Gasteiger partial charge in [-0.2, -0.15) is 13.9 Å². The van der Waals surface area contributed by atoms with Crippen molar-refractivity contribution in [1.29, 1.82) is 0 Å². The average Bonchev–Trinajstić information content (AvgIpc) is 3.17. The number of hydrogen-bond donors (Lipinski definition) is 2. The number of nitrogens with two attached hydrogens (primary N) is 1. The van der Waals surface area contributed by atoms with E-state index in [4.69, 9.17) is 5.73 Å². The van der Waals surface area contributed by atoms with E-state index < -0.39 is 38.3 Å².